The van der Waals surface area contributed by atoms with E-state index in [9.17, 15) is 14.7 Å². The lowest BCUT2D eigenvalue weighted by atomic mass is 9.90. The molecular formula is C13H20O6. The molecule has 108 valence electrons. The summed E-state index contributed by atoms with van der Waals surface area (Å²) in [5.41, 5.74) is -1.16. The average Bonchev–Trinajstić information content (AvgIpc) is 2.33. The van der Waals surface area contributed by atoms with Crippen molar-refractivity contribution in [3.8, 4) is 0 Å². The van der Waals surface area contributed by atoms with Gasteiger partial charge in [-0.1, -0.05) is 12.2 Å². The fraction of sp³-hybridized carbons (Fsp3) is 0.538. The highest BCUT2D eigenvalue weighted by atomic mass is 16.4. The number of hydrogen-bond acceptors (Lipinski definition) is 4. The number of carboxylic acid groups (broad SMARTS) is 2. The van der Waals surface area contributed by atoms with Crippen molar-refractivity contribution in [2.75, 3.05) is 6.61 Å². The number of aliphatic hydroxyl groups is 2. The number of aliphatic hydroxyl groups excluding tert-OH is 1. The second-order valence-electron chi connectivity index (χ2n) is 4.49. The quantitative estimate of drug-likeness (QED) is 0.489. The van der Waals surface area contributed by atoms with Gasteiger partial charge in [0.15, 0.2) is 0 Å². The van der Waals surface area contributed by atoms with Crippen LogP contribution in [-0.4, -0.2) is 44.6 Å². The van der Waals surface area contributed by atoms with Crippen LogP contribution in [0, 0.1) is 0 Å². The molecule has 6 heteroatoms. The molecular weight excluding hydrogens is 252 g/mol. The van der Waals surface area contributed by atoms with Gasteiger partial charge in [-0.3, -0.25) is 0 Å². The summed E-state index contributed by atoms with van der Waals surface area (Å²) in [4.78, 5) is 21.3. The van der Waals surface area contributed by atoms with Gasteiger partial charge in [-0.2, -0.15) is 0 Å². The molecule has 0 aromatic rings. The van der Waals surface area contributed by atoms with Crippen LogP contribution in [0.4, 0.5) is 0 Å². The van der Waals surface area contributed by atoms with Gasteiger partial charge in [0.25, 0.3) is 0 Å². The van der Waals surface area contributed by atoms with Crippen molar-refractivity contribution in [2.24, 2.45) is 0 Å². The largest absolute Gasteiger partial charge is 0.478 e. The van der Waals surface area contributed by atoms with Gasteiger partial charge >= 0.3 is 11.9 Å². The Balaban J connectivity index is 4.85. The van der Waals surface area contributed by atoms with Crippen LogP contribution in [0.5, 0.6) is 0 Å². The molecule has 0 aromatic heterocycles. The van der Waals surface area contributed by atoms with E-state index in [2.05, 4.69) is 0 Å². The molecule has 0 amide bonds. The highest BCUT2D eigenvalue weighted by Crippen LogP contribution is 2.22. The van der Waals surface area contributed by atoms with E-state index in [1.807, 2.05) is 0 Å². The van der Waals surface area contributed by atoms with E-state index in [4.69, 9.17) is 15.3 Å². The monoisotopic (exact) mass is 272 g/mol. The first kappa shape index (κ1) is 17.3. The van der Waals surface area contributed by atoms with Crippen molar-refractivity contribution in [3.05, 3.63) is 23.3 Å². The average molecular weight is 272 g/mol. The SMILES string of the molecule is CC(=CCC(O)(CC=C(C)C(=O)O)CCO)C(=O)O. The molecule has 0 radical (unpaired) electrons. The summed E-state index contributed by atoms with van der Waals surface area (Å²) in [6.07, 6.45) is 2.84. The molecule has 0 saturated heterocycles. The Hall–Kier alpha value is -1.66. The van der Waals surface area contributed by atoms with Crippen LogP contribution in [0.3, 0.4) is 0 Å². The normalized spacial score (nSPS) is 16.0. The third-order valence-corrected chi connectivity index (χ3v) is 2.83. The lowest BCUT2D eigenvalue weighted by molar-refractivity contribution is -0.133. The fourth-order valence-electron chi connectivity index (χ4n) is 1.36. The summed E-state index contributed by atoms with van der Waals surface area (Å²) in [5, 5.41) is 36.6. The van der Waals surface area contributed by atoms with Gasteiger partial charge in [-0.15, -0.1) is 0 Å². The molecule has 0 atom stereocenters. The van der Waals surface area contributed by atoms with Crippen molar-refractivity contribution in [1.82, 2.24) is 0 Å². The molecule has 0 heterocycles. The second kappa shape index (κ2) is 7.70. The van der Waals surface area contributed by atoms with E-state index in [0.29, 0.717) is 0 Å². The van der Waals surface area contributed by atoms with Crippen LogP contribution in [0.2, 0.25) is 0 Å². The first-order chi connectivity index (χ1) is 8.72. The van der Waals surface area contributed by atoms with Gasteiger partial charge < -0.3 is 20.4 Å². The van der Waals surface area contributed by atoms with Crippen LogP contribution in [0.15, 0.2) is 23.3 Å². The lowest BCUT2D eigenvalue weighted by Gasteiger charge is -2.25. The Kier molecular flexibility index (Phi) is 7.03. The molecule has 0 bridgehead atoms. The number of rotatable bonds is 8. The van der Waals surface area contributed by atoms with Crippen LogP contribution in [-0.2, 0) is 9.59 Å². The zero-order chi connectivity index (χ0) is 15.1. The Morgan fingerprint density at radius 1 is 1.00 bits per heavy atom. The summed E-state index contributed by atoms with van der Waals surface area (Å²) >= 11 is 0. The Labute approximate surface area is 111 Å². The lowest BCUT2D eigenvalue weighted by Crippen LogP contribution is -2.29. The molecule has 19 heavy (non-hydrogen) atoms. The molecule has 0 unspecified atom stereocenters. The van der Waals surface area contributed by atoms with Crippen molar-refractivity contribution in [1.29, 1.82) is 0 Å². The molecule has 6 nitrogen and oxygen atoms in total. The van der Waals surface area contributed by atoms with Crippen LogP contribution < -0.4 is 0 Å². The molecule has 4 N–H and O–H groups in total. The molecule has 0 aliphatic heterocycles. The van der Waals surface area contributed by atoms with Gasteiger partial charge in [-0.05, 0) is 33.1 Å². The third kappa shape index (κ3) is 6.73. The maximum Gasteiger partial charge on any atom is 0.330 e. The molecule has 0 aromatic carbocycles. The van der Waals surface area contributed by atoms with Gasteiger partial charge in [0.1, 0.15) is 0 Å². The standard InChI is InChI=1S/C13H20O6/c1-9(11(15)16)3-5-13(19,7-8-14)6-4-10(2)12(17)18/h3-4,14,19H,5-8H2,1-2H3,(H,15,16)(H,17,18). The Bertz CT molecular complexity index is 362. The topological polar surface area (TPSA) is 115 Å². The number of carboxylic acids is 2. The molecule has 0 saturated carbocycles. The maximum atomic E-state index is 10.6. The Morgan fingerprint density at radius 2 is 1.37 bits per heavy atom. The van der Waals surface area contributed by atoms with E-state index in [-0.39, 0.29) is 37.0 Å². The zero-order valence-electron chi connectivity index (χ0n) is 11.1. The van der Waals surface area contributed by atoms with E-state index >= 15 is 0 Å². The summed E-state index contributed by atoms with van der Waals surface area (Å²) in [7, 11) is 0. The number of hydrogen-bond donors (Lipinski definition) is 4. The van der Waals surface area contributed by atoms with Crippen molar-refractivity contribution < 1.29 is 30.0 Å². The van der Waals surface area contributed by atoms with Crippen LogP contribution in [0.25, 0.3) is 0 Å². The molecule has 0 aliphatic rings. The highest BCUT2D eigenvalue weighted by Gasteiger charge is 2.24. The number of aliphatic carboxylic acids is 2. The van der Waals surface area contributed by atoms with E-state index < -0.39 is 17.5 Å². The van der Waals surface area contributed by atoms with E-state index in [1.54, 1.807) is 0 Å². The Morgan fingerprint density at radius 3 is 1.63 bits per heavy atom. The fourth-order valence-corrected chi connectivity index (χ4v) is 1.36. The van der Waals surface area contributed by atoms with Gasteiger partial charge in [0.2, 0.25) is 0 Å². The molecule has 0 spiro atoms. The second-order valence-corrected chi connectivity index (χ2v) is 4.49. The first-order valence-electron chi connectivity index (χ1n) is 5.85. The van der Waals surface area contributed by atoms with Crippen LogP contribution in [0.1, 0.15) is 33.1 Å². The number of carbonyl (C=O) groups is 2. The van der Waals surface area contributed by atoms with Crippen LogP contribution >= 0.6 is 0 Å². The summed E-state index contributed by atoms with van der Waals surface area (Å²) < 4.78 is 0. The maximum absolute atomic E-state index is 10.6. The van der Waals surface area contributed by atoms with Gasteiger partial charge in [-0.25, -0.2) is 9.59 Å². The predicted octanol–water partition coefficient (Wildman–Crippen LogP) is 0.942. The zero-order valence-corrected chi connectivity index (χ0v) is 11.1. The van der Waals surface area contributed by atoms with Gasteiger partial charge in [0, 0.05) is 17.8 Å². The molecule has 0 aliphatic carbocycles. The summed E-state index contributed by atoms with van der Waals surface area (Å²) in [6.45, 7) is 2.54. The first-order valence-corrected chi connectivity index (χ1v) is 5.85. The summed E-state index contributed by atoms with van der Waals surface area (Å²) in [6, 6.07) is 0. The smallest absolute Gasteiger partial charge is 0.330 e. The third-order valence-electron chi connectivity index (χ3n) is 2.83. The minimum Gasteiger partial charge on any atom is -0.478 e. The van der Waals surface area contributed by atoms with E-state index in [1.165, 1.54) is 26.0 Å². The van der Waals surface area contributed by atoms with Crippen molar-refractivity contribution in [3.63, 3.8) is 0 Å². The van der Waals surface area contributed by atoms with Crippen molar-refractivity contribution >= 4 is 11.9 Å². The van der Waals surface area contributed by atoms with Gasteiger partial charge in [0.05, 0.1) is 5.60 Å². The predicted molar refractivity (Wildman–Crippen MR) is 68.7 cm³/mol. The molecule has 0 rings (SSSR count). The van der Waals surface area contributed by atoms with E-state index in [0.717, 1.165) is 0 Å². The summed E-state index contributed by atoms with van der Waals surface area (Å²) in [5.74, 6) is -2.16. The minimum atomic E-state index is -1.35. The molecule has 0 fully saturated rings. The highest BCUT2D eigenvalue weighted by molar-refractivity contribution is 5.86. The van der Waals surface area contributed by atoms with Crippen molar-refractivity contribution in [2.45, 2.75) is 38.7 Å². The minimum absolute atomic E-state index is 0.0368.